The number of nitrogens with one attached hydrogen (secondary N) is 1. The van der Waals surface area contributed by atoms with Gasteiger partial charge in [0.05, 0.1) is 0 Å². The maximum absolute atomic E-state index is 13.2. The first-order valence-corrected chi connectivity index (χ1v) is 7.34. The van der Waals surface area contributed by atoms with Crippen LogP contribution in [-0.2, 0) is 4.79 Å². The van der Waals surface area contributed by atoms with Gasteiger partial charge in [-0.25, -0.2) is 4.39 Å². The van der Waals surface area contributed by atoms with Crippen molar-refractivity contribution in [2.24, 2.45) is 0 Å². The van der Waals surface area contributed by atoms with Crippen molar-refractivity contribution in [3.63, 3.8) is 0 Å². The van der Waals surface area contributed by atoms with E-state index >= 15 is 0 Å². The molecule has 3 nitrogen and oxygen atoms in total. The van der Waals surface area contributed by atoms with E-state index in [9.17, 15) is 9.18 Å². The predicted octanol–water partition coefficient (Wildman–Crippen LogP) is 4.38. The lowest BCUT2D eigenvalue weighted by Gasteiger charge is -2.16. The van der Waals surface area contributed by atoms with Crippen LogP contribution in [0.4, 0.5) is 10.1 Å². The molecule has 0 saturated carbocycles. The van der Waals surface area contributed by atoms with E-state index in [0.29, 0.717) is 11.4 Å². The Balaban J connectivity index is 1.75. The van der Waals surface area contributed by atoms with Gasteiger partial charge in [-0.1, -0.05) is 42.5 Å². The second kappa shape index (κ2) is 6.48. The number of hydrogen-bond acceptors (Lipinski definition) is 2. The molecule has 116 valence electrons. The minimum atomic E-state index is -0.705. The van der Waals surface area contributed by atoms with Crippen LogP contribution in [0.2, 0.25) is 0 Å². The number of carbonyl (C=O) groups excluding carboxylic acids is 1. The van der Waals surface area contributed by atoms with Crippen LogP contribution in [0.3, 0.4) is 0 Å². The summed E-state index contributed by atoms with van der Waals surface area (Å²) in [6.45, 7) is 1.66. The molecule has 23 heavy (non-hydrogen) atoms. The van der Waals surface area contributed by atoms with E-state index in [4.69, 9.17) is 4.74 Å². The first kappa shape index (κ1) is 15.0. The number of anilines is 1. The van der Waals surface area contributed by atoms with Crippen LogP contribution < -0.4 is 10.1 Å². The van der Waals surface area contributed by atoms with Crippen molar-refractivity contribution in [2.45, 2.75) is 13.0 Å². The number of rotatable bonds is 4. The van der Waals surface area contributed by atoms with Gasteiger partial charge in [0.2, 0.25) is 0 Å². The van der Waals surface area contributed by atoms with Gasteiger partial charge in [-0.15, -0.1) is 0 Å². The predicted molar refractivity (Wildman–Crippen MR) is 89.1 cm³/mol. The van der Waals surface area contributed by atoms with Gasteiger partial charge in [0.1, 0.15) is 11.6 Å². The molecule has 3 aromatic carbocycles. The number of ether oxygens (including phenoxy) is 1. The van der Waals surface area contributed by atoms with E-state index in [1.165, 1.54) is 12.1 Å². The van der Waals surface area contributed by atoms with Gasteiger partial charge in [0.15, 0.2) is 6.10 Å². The minimum absolute atomic E-state index is 0.330. The second-order valence-corrected chi connectivity index (χ2v) is 5.24. The van der Waals surface area contributed by atoms with E-state index in [1.54, 1.807) is 19.1 Å². The smallest absolute Gasteiger partial charge is 0.265 e. The molecule has 4 heteroatoms. The molecule has 3 aromatic rings. The molecule has 0 saturated heterocycles. The standard InChI is InChI=1S/C19H16FNO2/c1-13(19(22)21-16-9-5-8-15(20)12-16)23-18-11-4-7-14-6-2-3-10-17(14)18/h2-13H,1H3,(H,21,22). The molecule has 1 N–H and O–H groups in total. The van der Waals surface area contributed by atoms with Gasteiger partial charge in [-0.3, -0.25) is 4.79 Å². The molecule has 3 rings (SSSR count). The molecule has 0 aliphatic heterocycles. The van der Waals surface area contributed by atoms with Crippen LogP contribution in [0.1, 0.15) is 6.92 Å². The summed E-state index contributed by atoms with van der Waals surface area (Å²) in [6.07, 6.45) is -0.705. The molecule has 0 aromatic heterocycles. The zero-order valence-corrected chi connectivity index (χ0v) is 12.6. The molecule has 1 atom stereocenters. The quantitative estimate of drug-likeness (QED) is 0.776. The highest BCUT2D eigenvalue weighted by Gasteiger charge is 2.16. The van der Waals surface area contributed by atoms with Gasteiger partial charge in [-0.2, -0.15) is 0 Å². The Bertz CT molecular complexity index is 842. The Morgan fingerprint density at radius 1 is 1.04 bits per heavy atom. The fourth-order valence-electron chi connectivity index (χ4n) is 2.35. The number of hydrogen-bond donors (Lipinski definition) is 1. The lowest BCUT2D eigenvalue weighted by Crippen LogP contribution is -2.30. The van der Waals surface area contributed by atoms with Crippen LogP contribution in [-0.4, -0.2) is 12.0 Å². The Hall–Kier alpha value is -2.88. The highest BCUT2D eigenvalue weighted by atomic mass is 19.1. The van der Waals surface area contributed by atoms with Crippen LogP contribution in [0.25, 0.3) is 10.8 Å². The third kappa shape index (κ3) is 3.48. The summed E-state index contributed by atoms with van der Waals surface area (Å²) in [5.41, 5.74) is 0.406. The third-order valence-corrected chi connectivity index (χ3v) is 3.51. The molecule has 0 spiro atoms. The molecule has 0 fully saturated rings. The molecule has 0 bridgehead atoms. The summed E-state index contributed by atoms with van der Waals surface area (Å²) >= 11 is 0. The number of carbonyl (C=O) groups is 1. The average Bonchev–Trinajstić information content (AvgIpc) is 2.55. The number of halogens is 1. The molecule has 0 heterocycles. The second-order valence-electron chi connectivity index (χ2n) is 5.24. The van der Waals surface area contributed by atoms with Gasteiger partial charge in [0, 0.05) is 11.1 Å². The molecule has 0 aliphatic rings. The molecule has 1 unspecified atom stereocenters. The van der Waals surface area contributed by atoms with Crippen molar-refractivity contribution in [3.8, 4) is 5.75 Å². The SMILES string of the molecule is CC(Oc1cccc2ccccc12)C(=O)Nc1cccc(F)c1. The molecule has 0 aliphatic carbocycles. The minimum Gasteiger partial charge on any atom is -0.480 e. The largest absolute Gasteiger partial charge is 0.480 e. The lowest BCUT2D eigenvalue weighted by atomic mass is 10.1. The monoisotopic (exact) mass is 309 g/mol. The van der Waals surface area contributed by atoms with E-state index < -0.39 is 11.9 Å². The van der Waals surface area contributed by atoms with Crippen LogP contribution >= 0.6 is 0 Å². The summed E-state index contributed by atoms with van der Waals surface area (Å²) < 4.78 is 18.9. The Kier molecular flexibility index (Phi) is 4.24. The van der Waals surface area contributed by atoms with Gasteiger partial charge in [0.25, 0.3) is 5.91 Å². The highest BCUT2D eigenvalue weighted by molar-refractivity contribution is 5.95. The molecule has 0 radical (unpaired) electrons. The summed E-state index contributed by atoms with van der Waals surface area (Å²) in [6, 6.07) is 19.3. The first-order valence-electron chi connectivity index (χ1n) is 7.34. The van der Waals surface area contributed by atoms with E-state index in [1.807, 2.05) is 42.5 Å². The fraction of sp³-hybridized carbons (Fsp3) is 0.105. The van der Waals surface area contributed by atoms with Crippen molar-refractivity contribution < 1.29 is 13.9 Å². The van der Waals surface area contributed by atoms with Gasteiger partial charge < -0.3 is 10.1 Å². The van der Waals surface area contributed by atoms with Gasteiger partial charge in [-0.05, 0) is 36.6 Å². The van der Waals surface area contributed by atoms with E-state index in [-0.39, 0.29) is 5.91 Å². The van der Waals surface area contributed by atoms with Gasteiger partial charge >= 0.3 is 0 Å². The Labute approximate surface area is 133 Å². The van der Waals surface area contributed by atoms with E-state index in [0.717, 1.165) is 10.8 Å². The zero-order valence-electron chi connectivity index (χ0n) is 12.6. The van der Waals surface area contributed by atoms with Crippen LogP contribution in [0.5, 0.6) is 5.75 Å². The third-order valence-electron chi connectivity index (χ3n) is 3.51. The normalized spacial score (nSPS) is 11.9. The van der Waals surface area contributed by atoms with Crippen molar-refractivity contribution >= 4 is 22.4 Å². The number of amides is 1. The summed E-state index contributed by atoms with van der Waals surface area (Å²) in [5.74, 6) is -0.0843. The summed E-state index contributed by atoms with van der Waals surface area (Å²) in [5, 5.41) is 4.64. The summed E-state index contributed by atoms with van der Waals surface area (Å²) in [4.78, 5) is 12.2. The fourth-order valence-corrected chi connectivity index (χ4v) is 2.35. The van der Waals surface area contributed by atoms with Crippen LogP contribution in [0, 0.1) is 5.82 Å². The molecular weight excluding hydrogens is 293 g/mol. The van der Waals surface area contributed by atoms with Crippen molar-refractivity contribution in [1.29, 1.82) is 0 Å². The first-order chi connectivity index (χ1) is 11.1. The number of fused-ring (bicyclic) bond motifs is 1. The average molecular weight is 309 g/mol. The maximum Gasteiger partial charge on any atom is 0.265 e. The molecule has 1 amide bonds. The van der Waals surface area contributed by atoms with Crippen LogP contribution in [0.15, 0.2) is 66.7 Å². The summed E-state index contributed by atoms with van der Waals surface area (Å²) in [7, 11) is 0. The Morgan fingerprint density at radius 2 is 1.78 bits per heavy atom. The lowest BCUT2D eigenvalue weighted by molar-refractivity contribution is -0.122. The zero-order chi connectivity index (χ0) is 16.2. The highest BCUT2D eigenvalue weighted by Crippen LogP contribution is 2.26. The van der Waals surface area contributed by atoms with E-state index in [2.05, 4.69) is 5.32 Å². The topological polar surface area (TPSA) is 38.3 Å². The molecular formula is C19H16FNO2. The maximum atomic E-state index is 13.2. The Morgan fingerprint density at radius 3 is 2.61 bits per heavy atom. The van der Waals surface area contributed by atoms with Crippen molar-refractivity contribution in [3.05, 3.63) is 72.5 Å². The van der Waals surface area contributed by atoms with Crippen molar-refractivity contribution in [1.82, 2.24) is 0 Å². The van der Waals surface area contributed by atoms with Crippen molar-refractivity contribution in [2.75, 3.05) is 5.32 Å². The number of benzene rings is 3.